The molecule has 0 saturated carbocycles. The highest BCUT2D eigenvalue weighted by Crippen LogP contribution is 2.30. The summed E-state index contributed by atoms with van der Waals surface area (Å²) in [6.07, 6.45) is 0. The number of hydrogen-bond donors (Lipinski definition) is 3. The fraction of sp³-hybridized carbons (Fsp3) is 0.300. The maximum Gasteiger partial charge on any atom is 0.282 e. The second-order valence-electron chi connectivity index (χ2n) is 6.65. The summed E-state index contributed by atoms with van der Waals surface area (Å²) >= 11 is 0. The van der Waals surface area contributed by atoms with Crippen LogP contribution in [0.25, 0.3) is 0 Å². The smallest absolute Gasteiger partial charge is 0.282 e. The number of rotatable bonds is 6. The van der Waals surface area contributed by atoms with Gasteiger partial charge >= 0.3 is 0 Å². The highest BCUT2D eigenvalue weighted by molar-refractivity contribution is 5.95. The number of nitrogens with one attached hydrogen (secondary N) is 2. The van der Waals surface area contributed by atoms with E-state index in [-0.39, 0.29) is 11.9 Å². The number of likely N-dealkylation sites (N-methyl/N-ethyl adjacent to an activating group) is 1. The highest BCUT2D eigenvalue weighted by atomic mass is 16.6. The molecule has 7 heteroatoms. The van der Waals surface area contributed by atoms with Gasteiger partial charge in [-0.15, -0.1) is 0 Å². The van der Waals surface area contributed by atoms with Crippen LogP contribution in [0.3, 0.4) is 0 Å². The molecule has 0 aromatic heterocycles. The van der Waals surface area contributed by atoms with E-state index in [0.29, 0.717) is 31.0 Å². The number of amides is 2. The van der Waals surface area contributed by atoms with Crippen LogP contribution in [-0.2, 0) is 11.3 Å². The lowest BCUT2D eigenvalue weighted by Gasteiger charge is -2.23. The van der Waals surface area contributed by atoms with E-state index >= 15 is 0 Å². The van der Waals surface area contributed by atoms with Gasteiger partial charge in [0.15, 0.2) is 17.5 Å². The molecule has 0 bridgehead atoms. The molecule has 0 aliphatic carbocycles. The minimum Gasteiger partial charge on any atom is -0.486 e. The first-order valence-corrected chi connectivity index (χ1v) is 8.85. The van der Waals surface area contributed by atoms with Crippen molar-refractivity contribution >= 4 is 17.5 Å². The van der Waals surface area contributed by atoms with E-state index in [4.69, 9.17) is 15.2 Å². The average Bonchev–Trinajstić information content (AvgIpc) is 2.67. The summed E-state index contributed by atoms with van der Waals surface area (Å²) in [4.78, 5) is 24.7. The Labute approximate surface area is 158 Å². The highest BCUT2D eigenvalue weighted by Gasteiger charge is 2.23. The van der Waals surface area contributed by atoms with E-state index in [1.807, 2.05) is 32.2 Å². The summed E-state index contributed by atoms with van der Waals surface area (Å²) < 4.78 is 11.1. The predicted octanol–water partition coefficient (Wildman–Crippen LogP) is 0.599. The van der Waals surface area contributed by atoms with Gasteiger partial charge in [-0.3, -0.25) is 9.59 Å². The first-order chi connectivity index (χ1) is 12.9. The van der Waals surface area contributed by atoms with Crippen molar-refractivity contribution in [3.8, 4) is 11.5 Å². The molecule has 0 spiro atoms. The molecule has 2 amide bonds. The van der Waals surface area contributed by atoms with E-state index in [1.165, 1.54) is 0 Å². The maximum atomic E-state index is 12.5. The first kappa shape index (κ1) is 18.7. The largest absolute Gasteiger partial charge is 0.486 e. The molecule has 2 aromatic carbocycles. The average molecular weight is 370 g/mol. The Bertz CT molecular complexity index is 836. The monoisotopic (exact) mass is 370 g/mol. The minimum atomic E-state index is -0.496. The van der Waals surface area contributed by atoms with Gasteiger partial charge in [0.25, 0.3) is 5.91 Å². The maximum absolute atomic E-state index is 12.5. The van der Waals surface area contributed by atoms with Crippen molar-refractivity contribution < 1.29 is 24.0 Å². The number of fused-ring (bicyclic) bond motifs is 1. The summed E-state index contributed by atoms with van der Waals surface area (Å²) in [7, 11) is 1.97. The van der Waals surface area contributed by atoms with Gasteiger partial charge in [0, 0.05) is 16.8 Å². The van der Waals surface area contributed by atoms with Crippen LogP contribution in [0.4, 0.5) is 5.69 Å². The van der Waals surface area contributed by atoms with Crippen LogP contribution >= 0.6 is 0 Å². The lowest BCUT2D eigenvalue weighted by Crippen LogP contribution is -3.12. The van der Waals surface area contributed by atoms with Crippen LogP contribution in [-0.4, -0.2) is 38.1 Å². The number of carbonyl (C=O) groups is 2. The zero-order valence-corrected chi connectivity index (χ0v) is 15.5. The van der Waals surface area contributed by atoms with Crippen molar-refractivity contribution in [1.29, 1.82) is 0 Å². The van der Waals surface area contributed by atoms with Crippen LogP contribution in [0, 0.1) is 0 Å². The summed E-state index contributed by atoms with van der Waals surface area (Å²) in [5, 5.41) is 2.87. The number of nitrogens with two attached hydrogens (primary N) is 1. The van der Waals surface area contributed by atoms with E-state index in [1.54, 1.807) is 24.3 Å². The Kier molecular flexibility index (Phi) is 5.61. The van der Waals surface area contributed by atoms with Gasteiger partial charge in [-0.1, -0.05) is 0 Å². The van der Waals surface area contributed by atoms with Crippen molar-refractivity contribution in [3.05, 3.63) is 53.6 Å². The zero-order valence-electron chi connectivity index (χ0n) is 15.5. The molecule has 2 aromatic rings. The second kappa shape index (κ2) is 8.09. The summed E-state index contributed by atoms with van der Waals surface area (Å²) in [6.45, 7) is 3.66. The van der Waals surface area contributed by atoms with Gasteiger partial charge in [0.1, 0.15) is 19.8 Å². The summed E-state index contributed by atoms with van der Waals surface area (Å²) in [5.74, 6) is 0.910. The summed E-state index contributed by atoms with van der Waals surface area (Å²) in [6, 6.07) is 12.1. The number of anilines is 1. The second-order valence-corrected chi connectivity index (χ2v) is 6.65. The standard InChI is InChI=1S/C20H23N3O4/c1-13(20(25)22-16-6-4-15(5-7-16)19(21)24)23(2)12-14-3-8-17-18(11-14)27-10-9-26-17/h3-8,11,13H,9-10,12H2,1-2H3,(H2,21,24)(H,22,25)/p+1/t13-/m1/s1. The van der Waals surface area contributed by atoms with Crippen molar-refractivity contribution in [2.45, 2.75) is 19.5 Å². The molecule has 0 fully saturated rings. The number of benzene rings is 2. The van der Waals surface area contributed by atoms with Crippen molar-refractivity contribution in [2.75, 3.05) is 25.6 Å². The fourth-order valence-electron chi connectivity index (χ4n) is 2.86. The van der Waals surface area contributed by atoms with E-state index in [0.717, 1.165) is 22.0 Å². The minimum absolute atomic E-state index is 0.100. The Morgan fingerprint density at radius 1 is 1.11 bits per heavy atom. The molecule has 0 radical (unpaired) electrons. The van der Waals surface area contributed by atoms with Gasteiger partial charge in [-0.05, 0) is 49.4 Å². The van der Waals surface area contributed by atoms with Crippen LogP contribution in [0.1, 0.15) is 22.8 Å². The quantitative estimate of drug-likeness (QED) is 0.694. The van der Waals surface area contributed by atoms with Crippen molar-refractivity contribution in [3.63, 3.8) is 0 Å². The Hall–Kier alpha value is -3.06. The molecule has 0 saturated heterocycles. The SMILES string of the molecule is C[C@H](C(=O)Nc1ccc(C(N)=O)cc1)[NH+](C)Cc1ccc2c(c1)OCCO2. The van der Waals surface area contributed by atoms with E-state index in [9.17, 15) is 9.59 Å². The number of primary amides is 1. The van der Waals surface area contributed by atoms with Gasteiger partial charge in [-0.2, -0.15) is 0 Å². The summed E-state index contributed by atoms with van der Waals surface area (Å²) in [5.41, 5.74) is 7.33. The van der Waals surface area contributed by atoms with Crippen LogP contribution in [0.2, 0.25) is 0 Å². The molecular formula is C20H24N3O4+. The van der Waals surface area contributed by atoms with Crippen molar-refractivity contribution in [1.82, 2.24) is 0 Å². The lowest BCUT2D eigenvalue weighted by molar-refractivity contribution is -0.907. The Morgan fingerprint density at radius 3 is 2.44 bits per heavy atom. The molecule has 27 heavy (non-hydrogen) atoms. The molecule has 2 atom stereocenters. The molecule has 1 heterocycles. The van der Waals surface area contributed by atoms with Crippen LogP contribution < -0.4 is 25.4 Å². The van der Waals surface area contributed by atoms with Crippen LogP contribution in [0.5, 0.6) is 11.5 Å². The third-order valence-electron chi connectivity index (χ3n) is 4.66. The normalized spacial score (nSPS) is 14.9. The fourth-order valence-corrected chi connectivity index (χ4v) is 2.86. The third-order valence-corrected chi connectivity index (χ3v) is 4.66. The number of carbonyl (C=O) groups excluding carboxylic acids is 2. The molecule has 142 valence electrons. The predicted molar refractivity (Wildman–Crippen MR) is 101 cm³/mol. The number of ether oxygens (including phenoxy) is 2. The molecule has 1 aliphatic rings. The van der Waals surface area contributed by atoms with Crippen LogP contribution in [0.15, 0.2) is 42.5 Å². The number of quaternary nitrogens is 1. The van der Waals surface area contributed by atoms with Gasteiger partial charge in [0.2, 0.25) is 5.91 Å². The third kappa shape index (κ3) is 4.57. The molecule has 1 aliphatic heterocycles. The van der Waals surface area contributed by atoms with Gasteiger partial charge in [-0.25, -0.2) is 0 Å². The molecular weight excluding hydrogens is 346 g/mol. The van der Waals surface area contributed by atoms with E-state index < -0.39 is 5.91 Å². The molecule has 1 unspecified atom stereocenters. The Balaban J connectivity index is 1.60. The van der Waals surface area contributed by atoms with Crippen molar-refractivity contribution in [2.24, 2.45) is 5.73 Å². The lowest BCUT2D eigenvalue weighted by atomic mass is 10.1. The molecule has 3 rings (SSSR count). The molecule has 4 N–H and O–H groups in total. The molecule has 7 nitrogen and oxygen atoms in total. The first-order valence-electron chi connectivity index (χ1n) is 8.85. The van der Waals surface area contributed by atoms with Gasteiger partial charge < -0.3 is 25.4 Å². The van der Waals surface area contributed by atoms with E-state index in [2.05, 4.69) is 5.32 Å². The topological polar surface area (TPSA) is 95.1 Å². The van der Waals surface area contributed by atoms with Gasteiger partial charge in [0.05, 0.1) is 7.05 Å². The number of hydrogen-bond acceptors (Lipinski definition) is 4. The zero-order chi connectivity index (χ0) is 19.4. The Morgan fingerprint density at radius 2 is 1.78 bits per heavy atom.